The molecule has 0 bridgehead atoms. The average molecular weight is 146 g/mol. The number of benzene rings is 1. The van der Waals surface area contributed by atoms with E-state index in [1.54, 1.807) is 12.3 Å². The van der Waals surface area contributed by atoms with Crippen molar-refractivity contribution in [1.29, 1.82) is 0 Å². The van der Waals surface area contributed by atoms with Gasteiger partial charge in [0.25, 0.3) is 0 Å². The number of rotatable bonds is 2. The van der Waals surface area contributed by atoms with E-state index in [2.05, 4.69) is 11.6 Å². The summed E-state index contributed by atoms with van der Waals surface area (Å²) in [7, 11) is 0. The lowest BCUT2D eigenvalue weighted by Crippen LogP contribution is -1.83. The van der Waals surface area contributed by atoms with Crippen molar-refractivity contribution in [2.24, 2.45) is 4.99 Å². The van der Waals surface area contributed by atoms with Crippen LogP contribution in [0.15, 0.2) is 41.9 Å². The van der Waals surface area contributed by atoms with E-state index >= 15 is 0 Å². The normalized spacial score (nSPS) is 10.2. The molecule has 0 aliphatic carbocycles. The molecule has 0 aliphatic heterocycles. The molecule has 0 unspecified atom stereocenters. The van der Waals surface area contributed by atoms with Crippen molar-refractivity contribution < 1.29 is 0 Å². The van der Waals surface area contributed by atoms with Crippen LogP contribution in [-0.4, -0.2) is 6.21 Å². The molecule has 0 amide bonds. The Labute approximate surface area is 66.1 Å². The van der Waals surface area contributed by atoms with Gasteiger partial charge in [-0.05, 0) is 12.1 Å². The van der Waals surface area contributed by atoms with Crippen LogP contribution in [0.5, 0.6) is 0 Å². The number of allylic oxidation sites excluding steroid dienone is 1. The van der Waals surface area contributed by atoms with Gasteiger partial charge in [0.1, 0.15) is 0 Å². The lowest BCUT2D eigenvalue weighted by atomic mass is 10.3. The van der Waals surface area contributed by atoms with Crippen molar-refractivity contribution >= 4 is 17.6 Å². The van der Waals surface area contributed by atoms with Crippen LogP contribution in [0.25, 0.3) is 0 Å². The summed E-state index contributed by atoms with van der Waals surface area (Å²) in [6, 6.07) is 7.44. The summed E-state index contributed by atoms with van der Waals surface area (Å²) in [5.74, 6) is 0. The quantitative estimate of drug-likeness (QED) is 0.504. The highest BCUT2D eigenvalue weighted by Crippen LogP contribution is 2.19. The molecule has 0 saturated carbocycles. The third-order valence-corrected chi connectivity index (χ3v) is 1.26. The Balaban J connectivity index is 2.94. The number of anilines is 1. The smallest absolute Gasteiger partial charge is 0.0858 e. The zero-order valence-electron chi connectivity index (χ0n) is 6.20. The van der Waals surface area contributed by atoms with E-state index in [4.69, 9.17) is 5.73 Å². The average Bonchev–Trinajstić information content (AvgIpc) is 2.03. The maximum absolute atomic E-state index is 5.61. The Morgan fingerprint density at radius 2 is 2.09 bits per heavy atom. The fourth-order valence-electron chi connectivity index (χ4n) is 0.738. The predicted molar refractivity (Wildman–Crippen MR) is 49.2 cm³/mol. The van der Waals surface area contributed by atoms with Crippen LogP contribution in [0.4, 0.5) is 11.4 Å². The zero-order valence-corrected chi connectivity index (χ0v) is 6.20. The molecule has 2 heteroatoms. The maximum Gasteiger partial charge on any atom is 0.0858 e. The number of hydrogen-bond donors (Lipinski definition) is 1. The molecule has 0 atom stereocenters. The van der Waals surface area contributed by atoms with Crippen LogP contribution in [0.1, 0.15) is 0 Å². The Morgan fingerprint density at radius 1 is 1.36 bits per heavy atom. The molecule has 1 rings (SSSR count). The summed E-state index contributed by atoms with van der Waals surface area (Å²) < 4.78 is 0. The number of para-hydroxylation sites is 2. The highest BCUT2D eigenvalue weighted by molar-refractivity contribution is 5.77. The van der Waals surface area contributed by atoms with E-state index in [9.17, 15) is 0 Å². The van der Waals surface area contributed by atoms with Crippen LogP contribution >= 0.6 is 0 Å². The van der Waals surface area contributed by atoms with Gasteiger partial charge in [-0.2, -0.15) is 0 Å². The first kappa shape index (κ1) is 7.54. The third kappa shape index (κ3) is 1.93. The molecule has 0 fully saturated rings. The first-order valence-electron chi connectivity index (χ1n) is 3.34. The van der Waals surface area contributed by atoms with Gasteiger partial charge in [0.15, 0.2) is 0 Å². The van der Waals surface area contributed by atoms with Gasteiger partial charge < -0.3 is 5.73 Å². The van der Waals surface area contributed by atoms with Gasteiger partial charge in [0, 0.05) is 6.21 Å². The maximum atomic E-state index is 5.61. The SMILES string of the molecule is C=CC=Nc1ccccc1N. The molecule has 0 radical (unpaired) electrons. The minimum Gasteiger partial charge on any atom is -0.397 e. The highest BCUT2D eigenvalue weighted by atomic mass is 14.8. The summed E-state index contributed by atoms with van der Waals surface area (Å²) in [5.41, 5.74) is 7.08. The van der Waals surface area contributed by atoms with Gasteiger partial charge in [-0.25, -0.2) is 0 Å². The number of hydrogen-bond acceptors (Lipinski definition) is 2. The molecule has 0 spiro atoms. The molecule has 0 saturated heterocycles. The molecule has 11 heavy (non-hydrogen) atoms. The second-order valence-corrected chi connectivity index (χ2v) is 2.07. The Kier molecular flexibility index (Phi) is 2.44. The molecule has 0 heterocycles. The molecular formula is C9H10N2. The van der Waals surface area contributed by atoms with E-state index in [0.717, 1.165) is 5.69 Å². The van der Waals surface area contributed by atoms with E-state index in [1.165, 1.54) is 0 Å². The van der Waals surface area contributed by atoms with Gasteiger partial charge in [-0.1, -0.05) is 24.8 Å². The number of nitrogens with two attached hydrogens (primary N) is 1. The zero-order chi connectivity index (χ0) is 8.10. The standard InChI is InChI=1S/C9H10N2/c1-2-7-11-9-6-4-3-5-8(9)10/h2-7H,1,10H2. The summed E-state index contributed by atoms with van der Waals surface area (Å²) in [6.45, 7) is 3.52. The fourth-order valence-corrected chi connectivity index (χ4v) is 0.738. The predicted octanol–water partition coefficient (Wildman–Crippen LogP) is 2.16. The lowest BCUT2D eigenvalue weighted by Gasteiger charge is -1.95. The second-order valence-electron chi connectivity index (χ2n) is 2.07. The van der Waals surface area contributed by atoms with Crippen LogP contribution < -0.4 is 5.73 Å². The number of nitrogens with zero attached hydrogens (tertiary/aromatic N) is 1. The summed E-state index contributed by atoms with van der Waals surface area (Å²) in [4.78, 5) is 4.06. The van der Waals surface area contributed by atoms with Crippen LogP contribution in [-0.2, 0) is 0 Å². The molecule has 56 valence electrons. The van der Waals surface area contributed by atoms with Crippen LogP contribution in [0, 0.1) is 0 Å². The minimum atomic E-state index is 0.686. The molecule has 1 aromatic rings. The first-order chi connectivity index (χ1) is 5.34. The Bertz CT molecular complexity index is 277. The molecule has 2 N–H and O–H groups in total. The molecule has 2 nitrogen and oxygen atoms in total. The van der Waals surface area contributed by atoms with Gasteiger partial charge in [-0.3, -0.25) is 4.99 Å². The molecule has 0 aromatic heterocycles. The van der Waals surface area contributed by atoms with Crippen molar-refractivity contribution in [3.8, 4) is 0 Å². The van der Waals surface area contributed by atoms with Gasteiger partial charge in [0.05, 0.1) is 11.4 Å². The van der Waals surface area contributed by atoms with Crippen molar-refractivity contribution in [1.82, 2.24) is 0 Å². The Hall–Kier alpha value is -1.57. The molecular weight excluding hydrogens is 136 g/mol. The molecule has 1 aromatic carbocycles. The van der Waals surface area contributed by atoms with E-state index in [-0.39, 0.29) is 0 Å². The monoisotopic (exact) mass is 146 g/mol. The first-order valence-corrected chi connectivity index (χ1v) is 3.34. The van der Waals surface area contributed by atoms with Crippen molar-refractivity contribution in [2.75, 3.05) is 5.73 Å². The highest BCUT2D eigenvalue weighted by Gasteiger charge is 1.90. The van der Waals surface area contributed by atoms with Gasteiger partial charge in [-0.15, -0.1) is 0 Å². The van der Waals surface area contributed by atoms with Crippen molar-refractivity contribution in [3.63, 3.8) is 0 Å². The van der Waals surface area contributed by atoms with Gasteiger partial charge >= 0.3 is 0 Å². The molecule has 0 aliphatic rings. The van der Waals surface area contributed by atoms with Crippen molar-refractivity contribution in [3.05, 3.63) is 36.9 Å². The fraction of sp³-hybridized carbons (Fsp3) is 0. The summed E-state index contributed by atoms with van der Waals surface area (Å²) in [6.07, 6.45) is 3.23. The largest absolute Gasteiger partial charge is 0.397 e. The van der Waals surface area contributed by atoms with E-state index < -0.39 is 0 Å². The van der Waals surface area contributed by atoms with E-state index in [1.807, 2.05) is 24.3 Å². The minimum absolute atomic E-state index is 0.686. The summed E-state index contributed by atoms with van der Waals surface area (Å²) in [5, 5.41) is 0. The number of nitrogen functional groups attached to an aromatic ring is 1. The number of aliphatic imine (C=N–C) groups is 1. The van der Waals surface area contributed by atoms with Gasteiger partial charge in [0.2, 0.25) is 0 Å². The summed E-state index contributed by atoms with van der Waals surface area (Å²) >= 11 is 0. The topological polar surface area (TPSA) is 38.4 Å². The lowest BCUT2D eigenvalue weighted by molar-refractivity contribution is 1.54. The third-order valence-electron chi connectivity index (χ3n) is 1.26. The van der Waals surface area contributed by atoms with Crippen LogP contribution in [0.3, 0.4) is 0 Å². The van der Waals surface area contributed by atoms with Crippen molar-refractivity contribution in [2.45, 2.75) is 0 Å². The second kappa shape index (κ2) is 3.56. The van der Waals surface area contributed by atoms with E-state index in [0.29, 0.717) is 5.69 Å². The Morgan fingerprint density at radius 3 is 2.73 bits per heavy atom. The van der Waals surface area contributed by atoms with Crippen LogP contribution in [0.2, 0.25) is 0 Å².